The van der Waals surface area contributed by atoms with Crippen molar-refractivity contribution in [1.29, 1.82) is 0 Å². The van der Waals surface area contributed by atoms with Gasteiger partial charge in [0, 0.05) is 0 Å². The third kappa shape index (κ3) is 11.1. The van der Waals surface area contributed by atoms with Gasteiger partial charge in [0.05, 0.1) is 11.8 Å². The number of ether oxygens (including phenoxy) is 1. The second-order valence-corrected chi connectivity index (χ2v) is 9.18. The summed E-state index contributed by atoms with van der Waals surface area (Å²) in [5.74, 6) is -0.527. The average Bonchev–Trinajstić information content (AvgIpc) is 2.71. The standard InChI is InChI=1S/C25H46O4/c1-4-7-9-11-14-23(19-20(12-6-3)13-10-8-5-2)29-25(28)22-17-15-21(16-18-22)24(26)27/h20-23H,4-19H2,1-3H3,(H,26,27). The molecular formula is C25H46O4. The van der Waals surface area contributed by atoms with E-state index in [1.807, 2.05) is 0 Å². The lowest BCUT2D eigenvalue weighted by molar-refractivity contribution is -0.158. The smallest absolute Gasteiger partial charge is 0.309 e. The van der Waals surface area contributed by atoms with Crippen molar-refractivity contribution in [2.75, 3.05) is 0 Å². The number of rotatable bonds is 16. The lowest BCUT2D eigenvalue weighted by atomic mass is 9.82. The second-order valence-electron chi connectivity index (χ2n) is 9.18. The van der Waals surface area contributed by atoms with Crippen LogP contribution in [0.5, 0.6) is 0 Å². The Morgan fingerprint density at radius 3 is 1.97 bits per heavy atom. The first-order valence-electron chi connectivity index (χ1n) is 12.4. The Bertz CT molecular complexity index is 440. The van der Waals surface area contributed by atoms with Crippen LogP contribution in [0.15, 0.2) is 0 Å². The van der Waals surface area contributed by atoms with E-state index in [4.69, 9.17) is 4.74 Å². The van der Waals surface area contributed by atoms with Crippen molar-refractivity contribution in [1.82, 2.24) is 0 Å². The van der Waals surface area contributed by atoms with Crippen LogP contribution in [0.25, 0.3) is 0 Å². The molecule has 0 spiro atoms. The van der Waals surface area contributed by atoms with Gasteiger partial charge in [0.1, 0.15) is 6.10 Å². The first kappa shape index (κ1) is 26.0. The summed E-state index contributed by atoms with van der Waals surface area (Å²) in [6.07, 6.45) is 16.8. The van der Waals surface area contributed by atoms with Gasteiger partial charge in [0.15, 0.2) is 0 Å². The first-order valence-corrected chi connectivity index (χ1v) is 12.4. The maximum atomic E-state index is 12.8. The Labute approximate surface area is 179 Å². The van der Waals surface area contributed by atoms with E-state index >= 15 is 0 Å². The van der Waals surface area contributed by atoms with Crippen molar-refractivity contribution in [2.45, 2.75) is 130 Å². The maximum Gasteiger partial charge on any atom is 0.309 e. The lowest BCUT2D eigenvalue weighted by Gasteiger charge is -2.28. The van der Waals surface area contributed by atoms with Crippen LogP contribution in [0.3, 0.4) is 0 Å². The van der Waals surface area contributed by atoms with E-state index in [1.165, 1.54) is 57.8 Å². The molecule has 4 nitrogen and oxygen atoms in total. The molecule has 1 aliphatic rings. The molecule has 0 bridgehead atoms. The number of carboxylic acids is 1. The summed E-state index contributed by atoms with van der Waals surface area (Å²) in [5.41, 5.74) is 0. The zero-order valence-electron chi connectivity index (χ0n) is 19.3. The van der Waals surface area contributed by atoms with Gasteiger partial charge in [-0.05, 0) is 50.9 Å². The molecule has 2 unspecified atom stereocenters. The predicted molar refractivity (Wildman–Crippen MR) is 119 cm³/mol. The van der Waals surface area contributed by atoms with Gasteiger partial charge in [-0.2, -0.15) is 0 Å². The van der Waals surface area contributed by atoms with E-state index in [0.29, 0.717) is 31.6 Å². The highest BCUT2D eigenvalue weighted by atomic mass is 16.5. The van der Waals surface area contributed by atoms with Gasteiger partial charge < -0.3 is 9.84 Å². The minimum absolute atomic E-state index is 0.0368. The van der Waals surface area contributed by atoms with Crippen LogP contribution in [0.2, 0.25) is 0 Å². The van der Waals surface area contributed by atoms with Crippen molar-refractivity contribution in [2.24, 2.45) is 17.8 Å². The van der Waals surface area contributed by atoms with Crippen LogP contribution < -0.4 is 0 Å². The number of aliphatic carboxylic acids is 1. The highest BCUT2D eigenvalue weighted by Gasteiger charge is 2.32. The van der Waals surface area contributed by atoms with Crippen molar-refractivity contribution >= 4 is 11.9 Å². The fourth-order valence-corrected chi connectivity index (χ4v) is 4.70. The zero-order valence-corrected chi connectivity index (χ0v) is 19.3. The van der Waals surface area contributed by atoms with Crippen molar-refractivity contribution in [3.8, 4) is 0 Å². The SMILES string of the molecule is CCCCCCC(CC(CCC)CCCCC)OC(=O)C1CCC(C(=O)O)CC1. The zero-order chi connectivity index (χ0) is 21.5. The van der Waals surface area contributed by atoms with Crippen LogP contribution in [0.4, 0.5) is 0 Å². The highest BCUT2D eigenvalue weighted by Crippen LogP contribution is 2.31. The average molecular weight is 411 g/mol. The lowest BCUT2D eigenvalue weighted by Crippen LogP contribution is -2.30. The molecule has 0 saturated heterocycles. The topological polar surface area (TPSA) is 63.6 Å². The molecule has 29 heavy (non-hydrogen) atoms. The Morgan fingerprint density at radius 2 is 1.38 bits per heavy atom. The number of hydrogen-bond acceptors (Lipinski definition) is 3. The normalized spacial score (nSPS) is 21.5. The van der Waals surface area contributed by atoms with Gasteiger partial charge in [0.25, 0.3) is 0 Å². The van der Waals surface area contributed by atoms with Crippen molar-refractivity contribution in [3.63, 3.8) is 0 Å². The number of esters is 1. The number of carbonyl (C=O) groups is 2. The Hall–Kier alpha value is -1.06. The molecule has 0 aliphatic heterocycles. The molecule has 1 aliphatic carbocycles. The van der Waals surface area contributed by atoms with Crippen LogP contribution >= 0.6 is 0 Å². The quantitative estimate of drug-likeness (QED) is 0.217. The molecule has 0 radical (unpaired) electrons. The van der Waals surface area contributed by atoms with E-state index in [2.05, 4.69) is 20.8 Å². The maximum absolute atomic E-state index is 12.8. The third-order valence-electron chi connectivity index (χ3n) is 6.58. The third-order valence-corrected chi connectivity index (χ3v) is 6.58. The van der Waals surface area contributed by atoms with Gasteiger partial charge in [-0.1, -0.05) is 78.6 Å². The number of carbonyl (C=O) groups excluding carboxylic acids is 1. The van der Waals surface area contributed by atoms with Gasteiger partial charge in [-0.3, -0.25) is 9.59 Å². The van der Waals surface area contributed by atoms with Crippen LogP contribution in [-0.4, -0.2) is 23.1 Å². The van der Waals surface area contributed by atoms with E-state index < -0.39 is 5.97 Å². The minimum atomic E-state index is -0.722. The number of hydrogen-bond donors (Lipinski definition) is 1. The summed E-state index contributed by atoms with van der Waals surface area (Å²) in [6.45, 7) is 6.71. The van der Waals surface area contributed by atoms with E-state index in [0.717, 1.165) is 19.3 Å². The Kier molecular flexibility index (Phi) is 14.1. The summed E-state index contributed by atoms with van der Waals surface area (Å²) >= 11 is 0. The van der Waals surface area contributed by atoms with E-state index in [9.17, 15) is 14.7 Å². The number of carboxylic acid groups (broad SMARTS) is 1. The molecule has 4 heteroatoms. The molecule has 0 aromatic heterocycles. The minimum Gasteiger partial charge on any atom is -0.481 e. The summed E-state index contributed by atoms with van der Waals surface area (Å²) in [5, 5.41) is 9.17. The van der Waals surface area contributed by atoms with E-state index in [-0.39, 0.29) is 23.9 Å². The predicted octanol–water partition coefficient (Wildman–Crippen LogP) is 7.15. The van der Waals surface area contributed by atoms with Gasteiger partial charge >= 0.3 is 11.9 Å². The molecule has 2 atom stereocenters. The van der Waals surface area contributed by atoms with Crippen LogP contribution in [0.1, 0.15) is 124 Å². The summed E-state index contributed by atoms with van der Waals surface area (Å²) in [6, 6.07) is 0. The Morgan fingerprint density at radius 1 is 0.793 bits per heavy atom. The molecule has 170 valence electrons. The molecule has 1 rings (SSSR count). The molecule has 0 aromatic carbocycles. The fraction of sp³-hybridized carbons (Fsp3) is 0.920. The second kappa shape index (κ2) is 15.7. The van der Waals surface area contributed by atoms with Gasteiger partial charge in [0.2, 0.25) is 0 Å². The highest BCUT2D eigenvalue weighted by molar-refractivity contribution is 5.74. The molecule has 0 heterocycles. The van der Waals surface area contributed by atoms with Gasteiger partial charge in [-0.15, -0.1) is 0 Å². The van der Waals surface area contributed by atoms with Crippen molar-refractivity contribution < 1.29 is 19.4 Å². The summed E-state index contributed by atoms with van der Waals surface area (Å²) in [4.78, 5) is 24.0. The van der Waals surface area contributed by atoms with E-state index in [1.54, 1.807) is 0 Å². The molecule has 0 amide bonds. The summed E-state index contributed by atoms with van der Waals surface area (Å²) < 4.78 is 6.06. The summed E-state index contributed by atoms with van der Waals surface area (Å²) in [7, 11) is 0. The first-order chi connectivity index (χ1) is 14.0. The Balaban J connectivity index is 2.59. The largest absolute Gasteiger partial charge is 0.481 e. The number of unbranched alkanes of at least 4 members (excludes halogenated alkanes) is 5. The van der Waals surface area contributed by atoms with Crippen LogP contribution in [-0.2, 0) is 14.3 Å². The molecule has 1 N–H and O–H groups in total. The van der Waals surface area contributed by atoms with Crippen LogP contribution in [0, 0.1) is 17.8 Å². The van der Waals surface area contributed by atoms with Crippen molar-refractivity contribution in [3.05, 3.63) is 0 Å². The fourth-order valence-electron chi connectivity index (χ4n) is 4.70. The molecule has 0 aromatic rings. The van der Waals surface area contributed by atoms with Gasteiger partial charge in [-0.25, -0.2) is 0 Å². The molecule has 1 saturated carbocycles. The molecular weight excluding hydrogens is 364 g/mol. The monoisotopic (exact) mass is 410 g/mol. The molecule has 1 fully saturated rings.